The Morgan fingerprint density at radius 1 is 1.19 bits per heavy atom. The molecule has 1 atom stereocenters. The Morgan fingerprint density at radius 2 is 1.62 bits per heavy atom. The highest BCUT2D eigenvalue weighted by atomic mass is 16.6. The van der Waals surface area contributed by atoms with Gasteiger partial charge in [0, 0.05) is 11.5 Å². The van der Waals surface area contributed by atoms with Crippen LogP contribution in [0.15, 0.2) is 12.2 Å². The van der Waals surface area contributed by atoms with E-state index in [1.165, 1.54) is 6.92 Å². The zero-order valence-electron chi connectivity index (χ0n) is 9.19. The molecule has 1 N–H and O–H groups in total. The number of carboxylic acid groups (broad SMARTS) is 1. The average Bonchev–Trinajstić information content (AvgIpc) is 2.21. The van der Waals surface area contributed by atoms with Crippen molar-refractivity contribution in [3.8, 4) is 0 Å². The van der Waals surface area contributed by atoms with Crippen LogP contribution in [-0.4, -0.2) is 36.2 Å². The SMILES string of the molecule is C=C(C)C(=O)OCC(C)COC(=O)C(=O)O. The number of carbonyl (C=O) groups excluding carboxylic acids is 2. The summed E-state index contributed by atoms with van der Waals surface area (Å²) in [6, 6.07) is 0. The molecule has 0 saturated carbocycles. The Morgan fingerprint density at radius 3 is 2.00 bits per heavy atom. The molecule has 1 unspecified atom stereocenters. The highest BCUT2D eigenvalue weighted by Gasteiger charge is 2.15. The fraction of sp³-hybridized carbons (Fsp3) is 0.500. The molecule has 90 valence electrons. The molecule has 0 aromatic carbocycles. The van der Waals surface area contributed by atoms with Crippen molar-refractivity contribution in [2.24, 2.45) is 5.92 Å². The van der Waals surface area contributed by atoms with Crippen molar-refractivity contribution >= 4 is 17.9 Å². The van der Waals surface area contributed by atoms with Gasteiger partial charge in [-0.25, -0.2) is 14.4 Å². The first-order chi connectivity index (χ1) is 7.34. The third kappa shape index (κ3) is 5.79. The maximum absolute atomic E-state index is 11.0. The lowest BCUT2D eigenvalue weighted by Crippen LogP contribution is -2.22. The van der Waals surface area contributed by atoms with Crippen LogP contribution in [-0.2, 0) is 23.9 Å². The van der Waals surface area contributed by atoms with E-state index in [4.69, 9.17) is 9.84 Å². The lowest BCUT2D eigenvalue weighted by atomic mass is 10.2. The van der Waals surface area contributed by atoms with Crippen molar-refractivity contribution in [1.82, 2.24) is 0 Å². The fourth-order valence-corrected chi connectivity index (χ4v) is 0.669. The smallest absolute Gasteiger partial charge is 0.417 e. The largest absolute Gasteiger partial charge is 0.473 e. The molecule has 0 saturated heterocycles. The van der Waals surface area contributed by atoms with Crippen LogP contribution >= 0.6 is 0 Å². The van der Waals surface area contributed by atoms with Crippen LogP contribution in [0.25, 0.3) is 0 Å². The summed E-state index contributed by atoms with van der Waals surface area (Å²) in [7, 11) is 0. The van der Waals surface area contributed by atoms with Crippen molar-refractivity contribution in [1.29, 1.82) is 0 Å². The van der Waals surface area contributed by atoms with Crippen LogP contribution in [0.2, 0.25) is 0 Å². The van der Waals surface area contributed by atoms with Crippen molar-refractivity contribution in [2.75, 3.05) is 13.2 Å². The van der Waals surface area contributed by atoms with E-state index in [1.807, 2.05) is 0 Å². The van der Waals surface area contributed by atoms with Gasteiger partial charge in [-0.15, -0.1) is 0 Å². The minimum atomic E-state index is -1.65. The zero-order chi connectivity index (χ0) is 12.7. The second kappa shape index (κ2) is 6.60. The van der Waals surface area contributed by atoms with Gasteiger partial charge < -0.3 is 14.6 Å². The topological polar surface area (TPSA) is 89.9 Å². The lowest BCUT2D eigenvalue weighted by Gasteiger charge is -2.11. The molecule has 0 heterocycles. The molecule has 0 aliphatic heterocycles. The van der Waals surface area contributed by atoms with E-state index < -0.39 is 17.9 Å². The summed E-state index contributed by atoms with van der Waals surface area (Å²) in [4.78, 5) is 31.6. The maximum atomic E-state index is 11.0. The standard InChI is InChI=1S/C10H14O6/c1-6(2)9(13)15-4-7(3)5-16-10(14)8(11)12/h7H,1,4-5H2,2-3H3,(H,11,12). The first-order valence-electron chi connectivity index (χ1n) is 4.57. The third-order valence-corrected chi connectivity index (χ3v) is 1.52. The monoisotopic (exact) mass is 230 g/mol. The summed E-state index contributed by atoms with van der Waals surface area (Å²) in [5.41, 5.74) is 0.273. The Bertz CT molecular complexity index is 276. The van der Waals surface area contributed by atoms with E-state index in [0.717, 1.165) is 0 Å². The molecule has 0 rings (SSSR count). The van der Waals surface area contributed by atoms with Gasteiger partial charge in [-0.2, -0.15) is 0 Å². The predicted molar refractivity (Wildman–Crippen MR) is 53.5 cm³/mol. The summed E-state index contributed by atoms with van der Waals surface area (Å²) < 4.78 is 9.19. The number of aliphatic carboxylic acids is 1. The Kier molecular flexibility index (Phi) is 5.84. The first kappa shape index (κ1) is 14.2. The summed E-state index contributed by atoms with van der Waals surface area (Å²) >= 11 is 0. The normalized spacial score (nSPS) is 11.4. The molecule has 0 aromatic rings. The number of hydrogen-bond donors (Lipinski definition) is 1. The van der Waals surface area contributed by atoms with Crippen molar-refractivity contribution < 1.29 is 29.0 Å². The number of ether oxygens (including phenoxy) is 2. The molecule has 0 spiro atoms. The van der Waals surface area contributed by atoms with E-state index in [9.17, 15) is 14.4 Å². The van der Waals surface area contributed by atoms with Gasteiger partial charge in [-0.1, -0.05) is 13.5 Å². The van der Waals surface area contributed by atoms with Crippen LogP contribution in [0.5, 0.6) is 0 Å². The van der Waals surface area contributed by atoms with Crippen molar-refractivity contribution in [2.45, 2.75) is 13.8 Å². The Labute approximate surface area is 92.8 Å². The third-order valence-electron chi connectivity index (χ3n) is 1.52. The predicted octanol–water partition coefficient (Wildman–Crippen LogP) is 0.370. The van der Waals surface area contributed by atoms with E-state index in [2.05, 4.69) is 11.3 Å². The number of rotatable bonds is 5. The van der Waals surface area contributed by atoms with Gasteiger partial charge in [0.1, 0.15) is 0 Å². The highest BCUT2D eigenvalue weighted by Crippen LogP contribution is 2.00. The van der Waals surface area contributed by atoms with Gasteiger partial charge in [0.25, 0.3) is 0 Å². The number of carboxylic acids is 1. The summed E-state index contributed by atoms with van der Waals surface area (Å²) in [6.07, 6.45) is 0. The van der Waals surface area contributed by atoms with E-state index in [-0.39, 0.29) is 24.7 Å². The first-order valence-corrected chi connectivity index (χ1v) is 4.57. The van der Waals surface area contributed by atoms with Gasteiger partial charge in [0.15, 0.2) is 0 Å². The van der Waals surface area contributed by atoms with Crippen LogP contribution in [0.1, 0.15) is 13.8 Å². The second-order valence-corrected chi connectivity index (χ2v) is 3.39. The lowest BCUT2D eigenvalue weighted by molar-refractivity contribution is -0.165. The van der Waals surface area contributed by atoms with Gasteiger partial charge >= 0.3 is 17.9 Å². The van der Waals surface area contributed by atoms with E-state index >= 15 is 0 Å². The molecule has 16 heavy (non-hydrogen) atoms. The van der Waals surface area contributed by atoms with Gasteiger partial charge in [-0.05, 0) is 6.92 Å². The number of hydrogen-bond acceptors (Lipinski definition) is 5. The molecule has 0 aliphatic carbocycles. The maximum Gasteiger partial charge on any atom is 0.417 e. The molecular formula is C10H14O6. The summed E-state index contributed by atoms with van der Waals surface area (Å²) in [5.74, 6) is -3.77. The quantitative estimate of drug-likeness (QED) is 0.417. The van der Waals surface area contributed by atoms with Gasteiger partial charge in [0.05, 0.1) is 13.2 Å². The van der Waals surface area contributed by atoms with Gasteiger partial charge in [0.2, 0.25) is 0 Å². The molecule has 0 amide bonds. The van der Waals surface area contributed by atoms with Crippen LogP contribution in [0.3, 0.4) is 0 Å². The van der Waals surface area contributed by atoms with Gasteiger partial charge in [-0.3, -0.25) is 0 Å². The molecule has 0 radical (unpaired) electrons. The second-order valence-electron chi connectivity index (χ2n) is 3.39. The minimum absolute atomic E-state index is 0.0403. The Balaban J connectivity index is 3.79. The van der Waals surface area contributed by atoms with Crippen molar-refractivity contribution in [3.05, 3.63) is 12.2 Å². The number of carbonyl (C=O) groups is 3. The van der Waals surface area contributed by atoms with Crippen molar-refractivity contribution in [3.63, 3.8) is 0 Å². The summed E-state index contributed by atoms with van der Waals surface area (Å²) in [5, 5.41) is 8.21. The zero-order valence-corrected chi connectivity index (χ0v) is 9.19. The molecule has 6 nitrogen and oxygen atoms in total. The molecular weight excluding hydrogens is 216 g/mol. The summed E-state index contributed by atoms with van der Waals surface area (Å²) in [6.45, 7) is 6.48. The van der Waals surface area contributed by atoms with E-state index in [1.54, 1.807) is 6.92 Å². The highest BCUT2D eigenvalue weighted by molar-refractivity contribution is 6.28. The van der Waals surface area contributed by atoms with E-state index in [0.29, 0.717) is 0 Å². The minimum Gasteiger partial charge on any atom is -0.473 e. The Hall–Kier alpha value is -1.85. The average molecular weight is 230 g/mol. The number of esters is 2. The van der Waals surface area contributed by atoms with Crippen LogP contribution in [0, 0.1) is 5.92 Å². The molecule has 6 heteroatoms. The molecule has 0 fully saturated rings. The fourth-order valence-electron chi connectivity index (χ4n) is 0.669. The molecule has 0 bridgehead atoms. The van der Waals surface area contributed by atoms with Crippen LogP contribution in [0.4, 0.5) is 0 Å². The van der Waals surface area contributed by atoms with Crippen LogP contribution < -0.4 is 0 Å². The molecule has 0 aliphatic rings. The molecule has 0 aromatic heterocycles.